The Hall–Kier alpha value is -2.83. The van der Waals surface area contributed by atoms with Crippen molar-refractivity contribution in [3.8, 4) is 11.5 Å². The van der Waals surface area contributed by atoms with E-state index in [0.717, 1.165) is 12.0 Å². The van der Waals surface area contributed by atoms with Gasteiger partial charge < -0.3 is 14.8 Å². The van der Waals surface area contributed by atoms with Crippen molar-refractivity contribution in [2.45, 2.75) is 19.4 Å². The Morgan fingerprint density at radius 2 is 1.93 bits per heavy atom. The molecule has 1 aliphatic rings. The third-order valence-corrected chi connectivity index (χ3v) is 5.61. The fourth-order valence-electron chi connectivity index (χ4n) is 3.16. The van der Waals surface area contributed by atoms with Gasteiger partial charge in [-0.2, -0.15) is 0 Å². The molecule has 1 aliphatic heterocycles. The van der Waals surface area contributed by atoms with Crippen molar-refractivity contribution < 1.29 is 14.3 Å². The lowest BCUT2D eigenvalue weighted by atomic mass is 10.0. The summed E-state index contributed by atoms with van der Waals surface area (Å²) >= 11 is 1.68. The Labute approximate surface area is 168 Å². The molecule has 2 aromatic carbocycles. The minimum atomic E-state index is -0.106. The van der Waals surface area contributed by atoms with Crippen LogP contribution in [-0.4, -0.2) is 19.2 Å². The highest BCUT2D eigenvalue weighted by Crippen LogP contribution is 2.34. The number of benzene rings is 2. The van der Waals surface area contributed by atoms with Gasteiger partial charge in [-0.3, -0.25) is 10.1 Å². The summed E-state index contributed by atoms with van der Waals surface area (Å²) in [5.74, 6) is 1.24. The van der Waals surface area contributed by atoms with Crippen molar-refractivity contribution in [1.29, 1.82) is 0 Å². The summed E-state index contributed by atoms with van der Waals surface area (Å²) in [5, 5.41) is 8.35. The molecule has 0 radical (unpaired) electrons. The van der Waals surface area contributed by atoms with Gasteiger partial charge in [0.15, 0.2) is 11.5 Å². The zero-order chi connectivity index (χ0) is 19.3. The smallest absolute Gasteiger partial charge is 0.238 e. The molecule has 0 aliphatic carbocycles. The van der Waals surface area contributed by atoms with E-state index < -0.39 is 0 Å². The van der Waals surface area contributed by atoms with Gasteiger partial charge in [0, 0.05) is 16.6 Å². The molecule has 2 heterocycles. The van der Waals surface area contributed by atoms with Crippen LogP contribution in [0.25, 0.3) is 0 Å². The summed E-state index contributed by atoms with van der Waals surface area (Å²) in [4.78, 5) is 13.7. The standard InChI is InChI=1S/C22H22N2O3S/c1-2-15-5-7-16(8-6-15)22(20-4-3-11-28-20)23-13-21(25)24-17-9-10-18-19(12-17)27-14-26-18/h3-12,22-23H,2,13-14H2,1H3,(H,24,25)/t22-/m1/s1. The van der Waals surface area contributed by atoms with Crippen molar-refractivity contribution in [2.75, 3.05) is 18.7 Å². The number of hydrogen-bond donors (Lipinski definition) is 2. The molecule has 4 rings (SSSR count). The number of rotatable bonds is 7. The largest absolute Gasteiger partial charge is 0.454 e. The Balaban J connectivity index is 1.43. The quantitative estimate of drug-likeness (QED) is 0.625. The first-order valence-corrected chi connectivity index (χ1v) is 10.2. The summed E-state index contributed by atoms with van der Waals surface area (Å²) < 4.78 is 10.7. The monoisotopic (exact) mass is 394 g/mol. The highest BCUT2D eigenvalue weighted by Gasteiger charge is 2.17. The van der Waals surface area contributed by atoms with E-state index in [1.807, 2.05) is 12.1 Å². The van der Waals surface area contributed by atoms with Crippen LogP contribution in [0.3, 0.4) is 0 Å². The van der Waals surface area contributed by atoms with Crippen molar-refractivity contribution in [3.05, 3.63) is 76.0 Å². The Morgan fingerprint density at radius 1 is 1.11 bits per heavy atom. The Bertz CT molecular complexity index is 939. The zero-order valence-corrected chi connectivity index (χ0v) is 16.4. The molecular formula is C22H22N2O3S. The molecule has 1 aromatic heterocycles. The maximum atomic E-state index is 12.5. The number of aryl methyl sites for hydroxylation is 1. The lowest BCUT2D eigenvalue weighted by molar-refractivity contribution is -0.115. The number of ether oxygens (including phenoxy) is 2. The average molecular weight is 394 g/mol. The molecule has 3 aromatic rings. The molecule has 0 saturated carbocycles. The van der Waals surface area contributed by atoms with E-state index in [9.17, 15) is 4.79 Å². The molecule has 0 spiro atoms. The van der Waals surface area contributed by atoms with Crippen LogP contribution in [0.5, 0.6) is 11.5 Å². The summed E-state index contributed by atoms with van der Waals surface area (Å²) in [6.45, 7) is 2.56. The van der Waals surface area contributed by atoms with Crippen molar-refractivity contribution in [2.24, 2.45) is 0 Å². The number of amides is 1. The van der Waals surface area contributed by atoms with Gasteiger partial charge in [-0.15, -0.1) is 11.3 Å². The van der Waals surface area contributed by atoms with E-state index in [4.69, 9.17) is 9.47 Å². The van der Waals surface area contributed by atoms with Crippen molar-refractivity contribution >= 4 is 22.9 Å². The van der Waals surface area contributed by atoms with Crippen LogP contribution in [-0.2, 0) is 11.2 Å². The van der Waals surface area contributed by atoms with E-state index in [2.05, 4.69) is 53.3 Å². The average Bonchev–Trinajstić information content (AvgIpc) is 3.40. The van der Waals surface area contributed by atoms with Gasteiger partial charge in [0.25, 0.3) is 0 Å². The van der Waals surface area contributed by atoms with Crippen LogP contribution in [0.1, 0.15) is 29.0 Å². The molecule has 0 bridgehead atoms. The lowest BCUT2D eigenvalue weighted by Gasteiger charge is -2.18. The molecule has 144 valence electrons. The normalized spacial score (nSPS) is 13.3. The molecule has 1 amide bonds. The van der Waals surface area contributed by atoms with Gasteiger partial charge in [-0.25, -0.2) is 0 Å². The SMILES string of the molecule is CCc1ccc([C@@H](NCC(=O)Nc2ccc3c(c2)OCO3)c2cccs2)cc1. The van der Waals surface area contributed by atoms with Gasteiger partial charge in [-0.05, 0) is 41.1 Å². The minimum absolute atomic E-state index is 0.0200. The second kappa shape index (κ2) is 8.46. The summed E-state index contributed by atoms with van der Waals surface area (Å²) in [7, 11) is 0. The molecule has 28 heavy (non-hydrogen) atoms. The fraction of sp³-hybridized carbons (Fsp3) is 0.227. The summed E-state index contributed by atoms with van der Waals surface area (Å²) in [6.07, 6.45) is 1.01. The molecule has 0 unspecified atom stereocenters. The molecule has 2 N–H and O–H groups in total. The second-order valence-electron chi connectivity index (χ2n) is 6.54. The predicted octanol–water partition coefficient (Wildman–Crippen LogP) is 4.36. The first-order valence-electron chi connectivity index (χ1n) is 9.28. The molecule has 1 atom stereocenters. The van der Waals surface area contributed by atoms with Crippen LogP contribution in [0.4, 0.5) is 5.69 Å². The number of carbonyl (C=O) groups excluding carboxylic acids is 1. The van der Waals surface area contributed by atoms with Gasteiger partial charge in [0.1, 0.15) is 0 Å². The number of fused-ring (bicyclic) bond motifs is 1. The first kappa shape index (κ1) is 18.5. The van der Waals surface area contributed by atoms with Crippen LogP contribution in [0.15, 0.2) is 60.0 Å². The Kier molecular flexibility index (Phi) is 5.60. The molecule has 5 nitrogen and oxygen atoms in total. The predicted molar refractivity (Wildman–Crippen MR) is 111 cm³/mol. The number of hydrogen-bond acceptors (Lipinski definition) is 5. The van der Waals surface area contributed by atoms with Crippen molar-refractivity contribution in [1.82, 2.24) is 5.32 Å². The van der Waals surface area contributed by atoms with E-state index in [1.165, 1.54) is 10.4 Å². The van der Waals surface area contributed by atoms with Gasteiger partial charge in [0.2, 0.25) is 12.7 Å². The number of nitrogens with one attached hydrogen (secondary N) is 2. The first-order chi connectivity index (χ1) is 13.7. The Morgan fingerprint density at radius 3 is 2.68 bits per heavy atom. The zero-order valence-electron chi connectivity index (χ0n) is 15.6. The summed E-state index contributed by atoms with van der Waals surface area (Å²) in [6, 6.07) is 18.0. The van der Waals surface area contributed by atoms with Crippen LogP contribution < -0.4 is 20.1 Å². The highest BCUT2D eigenvalue weighted by molar-refractivity contribution is 7.10. The summed E-state index contributed by atoms with van der Waals surface area (Å²) in [5.41, 5.74) is 3.14. The van der Waals surface area contributed by atoms with Crippen LogP contribution in [0.2, 0.25) is 0 Å². The number of anilines is 1. The maximum absolute atomic E-state index is 12.5. The minimum Gasteiger partial charge on any atom is -0.454 e. The maximum Gasteiger partial charge on any atom is 0.238 e. The highest BCUT2D eigenvalue weighted by atomic mass is 32.1. The number of carbonyl (C=O) groups is 1. The van der Waals surface area contributed by atoms with Gasteiger partial charge in [0.05, 0.1) is 12.6 Å². The second-order valence-corrected chi connectivity index (χ2v) is 7.52. The van der Waals surface area contributed by atoms with Gasteiger partial charge >= 0.3 is 0 Å². The fourth-order valence-corrected chi connectivity index (χ4v) is 3.99. The lowest BCUT2D eigenvalue weighted by Crippen LogP contribution is -2.31. The number of thiophene rings is 1. The van der Waals surface area contributed by atoms with E-state index in [-0.39, 0.29) is 25.3 Å². The van der Waals surface area contributed by atoms with E-state index >= 15 is 0 Å². The van der Waals surface area contributed by atoms with E-state index in [0.29, 0.717) is 17.2 Å². The molecule has 0 saturated heterocycles. The van der Waals surface area contributed by atoms with E-state index in [1.54, 1.807) is 23.5 Å². The van der Waals surface area contributed by atoms with Gasteiger partial charge in [-0.1, -0.05) is 37.3 Å². The van der Waals surface area contributed by atoms with Crippen LogP contribution >= 0.6 is 11.3 Å². The molecule has 6 heteroatoms. The molecule has 0 fully saturated rings. The van der Waals surface area contributed by atoms with Crippen LogP contribution in [0, 0.1) is 0 Å². The topological polar surface area (TPSA) is 59.6 Å². The molecular weight excluding hydrogens is 372 g/mol. The third-order valence-electron chi connectivity index (χ3n) is 4.67. The van der Waals surface area contributed by atoms with Crippen molar-refractivity contribution in [3.63, 3.8) is 0 Å². The third kappa shape index (κ3) is 4.18.